The van der Waals surface area contributed by atoms with Gasteiger partial charge in [0.25, 0.3) is 5.91 Å². The first-order valence-electron chi connectivity index (χ1n) is 27.1. The molecule has 1 saturated heterocycles. The largest absolute Gasteiger partial charge is 0.508 e. The monoisotopic (exact) mass is 1170 g/mol. The molecule has 1 fully saturated rings. The summed E-state index contributed by atoms with van der Waals surface area (Å²) in [6.07, 6.45) is 0.670. The van der Waals surface area contributed by atoms with E-state index >= 15 is 0 Å². The Labute approximate surface area is 489 Å². The Morgan fingerprint density at radius 3 is 2.05 bits per heavy atom. The highest BCUT2D eigenvalue weighted by Gasteiger charge is 2.45. The summed E-state index contributed by atoms with van der Waals surface area (Å²) in [5.41, 5.74) is 8.88. The Bertz CT molecular complexity index is 3380. The van der Waals surface area contributed by atoms with E-state index in [0.717, 1.165) is 32.0 Å². The van der Waals surface area contributed by atoms with Crippen molar-refractivity contribution in [3.05, 3.63) is 154 Å². The van der Waals surface area contributed by atoms with Crippen LogP contribution in [0.1, 0.15) is 83.3 Å². The number of ketones is 1. The summed E-state index contributed by atoms with van der Waals surface area (Å²) < 4.78 is 28.8. The summed E-state index contributed by atoms with van der Waals surface area (Å²) >= 11 is 2.92. The lowest BCUT2D eigenvalue weighted by atomic mass is 9.85. The van der Waals surface area contributed by atoms with Crippen LogP contribution in [0.15, 0.2) is 126 Å². The Morgan fingerprint density at radius 2 is 1.39 bits per heavy atom. The first-order chi connectivity index (χ1) is 39.9. The van der Waals surface area contributed by atoms with Crippen molar-refractivity contribution < 1.29 is 63.0 Å². The Kier molecular flexibility index (Phi) is 21.3. The van der Waals surface area contributed by atoms with E-state index in [1.165, 1.54) is 34.6 Å². The smallest absolute Gasteiger partial charge is 0.271 e. The van der Waals surface area contributed by atoms with Crippen molar-refractivity contribution in [2.24, 2.45) is 10.5 Å². The van der Waals surface area contributed by atoms with Crippen LogP contribution in [-0.4, -0.2) is 145 Å². The molecule has 6 N–H and O–H groups in total. The van der Waals surface area contributed by atoms with Gasteiger partial charge in [-0.15, -0.1) is 22.7 Å². The third kappa shape index (κ3) is 16.7. The van der Waals surface area contributed by atoms with Gasteiger partial charge in [0.15, 0.2) is 5.78 Å². The highest BCUT2D eigenvalue weighted by atomic mass is 32.1. The standard InChI is InChI=1S/C62H68N6O13S2/c1-38(41-11-13-42(14-12-41)56-39(2)63-37-82-56)65-60(75)51-32-48(71)35-68(51)61(76)58(62(3,4)5)66-53(72)36-80-28-27-78-24-23-77-25-26-79-29-30-81-49-20-9-40(10-21-49)34-64-67-59(74)45-8-6-7-44(31-45)55(73)54-50-22-19-47(70)33-52(50)83-57(54)43-15-17-46(69)18-16-43/h6-22,31,33-34,37-38,48,51,58,69-71H,23-30,32,35-36H2,1-5H3,(H,65,75)(H,66,72)(H,67,74). The number of hydrazone groups is 1. The second-order valence-corrected chi connectivity index (χ2v) is 22.7. The van der Waals surface area contributed by atoms with Gasteiger partial charge < -0.3 is 54.5 Å². The number of aliphatic hydroxyl groups excluding tert-OH is 1. The average molecular weight is 1170 g/mol. The topological polar surface area (TPSA) is 257 Å². The molecule has 0 bridgehead atoms. The van der Waals surface area contributed by atoms with Gasteiger partial charge in [0.1, 0.15) is 42.5 Å². The van der Waals surface area contributed by atoms with Crippen molar-refractivity contribution in [1.82, 2.24) is 25.9 Å². The Hall–Kier alpha value is -7.89. The second-order valence-electron chi connectivity index (χ2n) is 20.8. The number of phenols is 2. The Balaban J connectivity index is 0.665. The van der Waals surface area contributed by atoms with Gasteiger partial charge >= 0.3 is 0 Å². The number of thiophene rings is 1. The molecule has 0 spiro atoms. The van der Waals surface area contributed by atoms with Gasteiger partial charge in [-0.05, 0) is 120 Å². The van der Waals surface area contributed by atoms with Crippen LogP contribution in [0.2, 0.25) is 0 Å². The highest BCUT2D eigenvalue weighted by molar-refractivity contribution is 7.22. The van der Waals surface area contributed by atoms with Crippen molar-refractivity contribution in [2.45, 2.75) is 65.3 Å². The molecule has 5 aromatic carbocycles. The van der Waals surface area contributed by atoms with Gasteiger partial charge in [0.05, 0.1) is 80.7 Å². The molecule has 0 radical (unpaired) electrons. The van der Waals surface area contributed by atoms with Crippen LogP contribution >= 0.6 is 22.7 Å². The van der Waals surface area contributed by atoms with Crippen molar-refractivity contribution >= 4 is 68.4 Å². The van der Waals surface area contributed by atoms with Gasteiger partial charge in [0, 0.05) is 44.6 Å². The first-order valence-corrected chi connectivity index (χ1v) is 28.8. The number of aromatic nitrogens is 1. The van der Waals surface area contributed by atoms with Gasteiger partial charge in [0.2, 0.25) is 17.7 Å². The van der Waals surface area contributed by atoms with E-state index in [-0.39, 0.29) is 67.6 Å². The lowest BCUT2D eigenvalue weighted by molar-refractivity contribution is -0.144. The average Bonchev–Trinajstić information content (AvgIpc) is 4.05. The molecule has 4 atom stereocenters. The summed E-state index contributed by atoms with van der Waals surface area (Å²) in [7, 11) is 0. The van der Waals surface area contributed by atoms with Gasteiger partial charge in [-0.25, -0.2) is 10.4 Å². The molecule has 4 unspecified atom stereocenters. The molecule has 83 heavy (non-hydrogen) atoms. The maximum atomic E-state index is 14.1. The number of aromatic hydroxyl groups is 2. The number of carbonyl (C=O) groups is 5. The van der Waals surface area contributed by atoms with Crippen LogP contribution < -0.4 is 20.8 Å². The summed E-state index contributed by atoms with van der Waals surface area (Å²) in [6, 6.07) is 30.5. The number of β-amino-alcohol motifs (C(OH)–C–C–N with tert-alkyl or cyclic N) is 1. The van der Waals surface area contributed by atoms with E-state index in [1.807, 2.05) is 64.4 Å². The minimum atomic E-state index is -0.991. The van der Waals surface area contributed by atoms with E-state index in [4.69, 9.17) is 23.7 Å². The van der Waals surface area contributed by atoms with E-state index in [0.29, 0.717) is 72.3 Å². The van der Waals surface area contributed by atoms with E-state index in [9.17, 15) is 39.3 Å². The number of ether oxygens (including phenoxy) is 5. The number of fused-ring (bicyclic) bond motifs is 1. The molecular weight excluding hydrogens is 1100 g/mol. The second kappa shape index (κ2) is 28.9. The summed E-state index contributed by atoms with van der Waals surface area (Å²) in [5, 5.41) is 41.2. The van der Waals surface area contributed by atoms with Gasteiger partial charge in [-0.3, -0.25) is 24.0 Å². The molecule has 0 aliphatic carbocycles. The van der Waals surface area contributed by atoms with Crippen LogP contribution in [0.5, 0.6) is 17.2 Å². The minimum absolute atomic E-state index is 0.0372. The highest BCUT2D eigenvalue weighted by Crippen LogP contribution is 2.42. The van der Waals surface area contributed by atoms with Crippen molar-refractivity contribution in [1.29, 1.82) is 0 Å². The number of benzene rings is 5. The van der Waals surface area contributed by atoms with Crippen molar-refractivity contribution in [2.75, 3.05) is 66.0 Å². The third-order valence-corrected chi connectivity index (χ3v) is 15.8. The lowest BCUT2D eigenvalue weighted by Gasteiger charge is -2.35. The van der Waals surface area contributed by atoms with E-state index < -0.39 is 41.3 Å². The molecule has 7 aromatic rings. The van der Waals surface area contributed by atoms with Crippen LogP contribution in [0.3, 0.4) is 0 Å². The molecule has 2 aromatic heterocycles. The summed E-state index contributed by atoms with van der Waals surface area (Å²) in [6.45, 7) is 11.2. The SMILES string of the molecule is Cc1ncsc1-c1ccc(C(C)NC(=O)C2CC(O)CN2C(=O)C(NC(=O)COCCOCCOCCOCCOc2ccc(C=NNC(=O)c3cccc(C(=O)c4c(-c5ccc(O)cc5)sc5cc(O)ccc45)c3)cc2)C(C)(C)C)cc1. The number of amides is 4. The number of aliphatic hydroxyl groups is 1. The number of carbonyl (C=O) groups excluding carboxylic acids is 5. The quantitative estimate of drug-likeness (QED) is 0.0123. The normalized spacial score (nSPS) is 15.1. The zero-order valence-electron chi connectivity index (χ0n) is 46.8. The van der Waals surface area contributed by atoms with Crippen molar-refractivity contribution in [3.8, 4) is 38.1 Å². The van der Waals surface area contributed by atoms with Crippen LogP contribution in [0, 0.1) is 12.3 Å². The molecule has 0 saturated carbocycles. The molecule has 21 heteroatoms. The molecule has 8 rings (SSSR count). The number of hydrogen-bond acceptors (Lipinski definition) is 17. The number of likely N-dealkylation sites (tertiary alicyclic amines) is 1. The fourth-order valence-electron chi connectivity index (χ4n) is 9.21. The predicted octanol–water partition coefficient (Wildman–Crippen LogP) is 8.22. The maximum absolute atomic E-state index is 14.1. The number of nitrogens with one attached hydrogen (secondary N) is 3. The van der Waals surface area contributed by atoms with E-state index in [1.54, 1.807) is 90.2 Å². The number of thiazole rings is 1. The number of phenolic OH excluding ortho intramolecular Hbond substituents is 2. The fraction of sp³-hybridized carbons (Fsp3) is 0.339. The zero-order valence-corrected chi connectivity index (χ0v) is 48.4. The molecular formula is C62H68N6O13S2. The Morgan fingerprint density at radius 1 is 0.759 bits per heavy atom. The molecule has 19 nitrogen and oxygen atoms in total. The van der Waals surface area contributed by atoms with E-state index in [2.05, 4.69) is 26.1 Å². The molecule has 1 aliphatic heterocycles. The molecule has 1 aliphatic rings. The molecule has 4 amide bonds. The maximum Gasteiger partial charge on any atom is 0.271 e. The summed E-state index contributed by atoms with van der Waals surface area (Å²) in [4.78, 5) is 75.4. The molecule has 436 valence electrons. The van der Waals surface area contributed by atoms with Crippen LogP contribution in [0.25, 0.3) is 31.0 Å². The summed E-state index contributed by atoms with van der Waals surface area (Å²) in [5.74, 6) is -1.38. The predicted molar refractivity (Wildman–Crippen MR) is 317 cm³/mol. The van der Waals surface area contributed by atoms with Crippen LogP contribution in [-0.2, 0) is 33.3 Å². The van der Waals surface area contributed by atoms with Gasteiger partial charge in [-0.2, -0.15) is 5.10 Å². The van der Waals surface area contributed by atoms with Crippen molar-refractivity contribution in [3.63, 3.8) is 0 Å². The number of hydrogen-bond donors (Lipinski definition) is 6. The third-order valence-electron chi connectivity index (χ3n) is 13.6. The molecule has 3 heterocycles. The number of nitrogens with zero attached hydrogens (tertiary/aromatic N) is 3. The number of rotatable bonds is 27. The lowest BCUT2D eigenvalue weighted by Crippen LogP contribution is -2.58. The number of aryl methyl sites for hydroxylation is 1. The minimum Gasteiger partial charge on any atom is -0.508 e. The van der Waals surface area contributed by atoms with Gasteiger partial charge in [-0.1, -0.05) is 57.2 Å². The van der Waals surface area contributed by atoms with Crippen LogP contribution in [0.4, 0.5) is 0 Å². The fourth-order valence-corrected chi connectivity index (χ4v) is 11.3. The first kappa shape index (κ1) is 61.2. The zero-order chi connectivity index (χ0) is 59.0.